The Balaban J connectivity index is 0.00000144. The topological polar surface area (TPSA) is 58.2 Å². The average molecular weight is 277 g/mol. The van der Waals surface area contributed by atoms with Crippen molar-refractivity contribution in [2.45, 2.75) is 37.9 Å². The van der Waals surface area contributed by atoms with Gasteiger partial charge < -0.3 is 5.32 Å². The Morgan fingerprint density at radius 2 is 1.88 bits per heavy atom. The zero-order valence-corrected chi connectivity index (χ0v) is 11.5. The van der Waals surface area contributed by atoms with Crippen LogP contribution in [0.1, 0.15) is 25.0 Å². The number of sulfonamides is 1. The molecule has 0 saturated heterocycles. The van der Waals surface area contributed by atoms with Crippen LogP contribution >= 0.6 is 12.4 Å². The first-order valence-corrected chi connectivity index (χ1v) is 6.82. The highest BCUT2D eigenvalue weighted by Crippen LogP contribution is 2.19. The molecule has 0 fully saturated rings. The van der Waals surface area contributed by atoms with Gasteiger partial charge in [0.05, 0.1) is 4.90 Å². The number of nitrogens with one attached hydrogen (secondary N) is 2. The molecule has 1 aromatic carbocycles. The van der Waals surface area contributed by atoms with E-state index in [9.17, 15) is 8.42 Å². The Morgan fingerprint density at radius 3 is 2.53 bits per heavy atom. The molecular formula is C11H17ClN2O2S. The summed E-state index contributed by atoms with van der Waals surface area (Å²) in [7, 11) is -3.36. The van der Waals surface area contributed by atoms with Gasteiger partial charge in [-0.1, -0.05) is 6.07 Å². The van der Waals surface area contributed by atoms with E-state index in [4.69, 9.17) is 0 Å². The molecule has 1 aliphatic rings. The summed E-state index contributed by atoms with van der Waals surface area (Å²) in [5.41, 5.74) is 2.26. The summed E-state index contributed by atoms with van der Waals surface area (Å²) in [6.45, 7) is 5.20. The van der Waals surface area contributed by atoms with Gasteiger partial charge in [0.1, 0.15) is 0 Å². The fourth-order valence-electron chi connectivity index (χ4n) is 1.82. The lowest BCUT2D eigenvalue weighted by molar-refractivity contribution is 0.569. The quantitative estimate of drug-likeness (QED) is 0.877. The monoisotopic (exact) mass is 276 g/mol. The van der Waals surface area contributed by atoms with Gasteiger partial charge in [0.2, 0.25) is 10.0 Å². The molecule has 0 bridgehead atoms. The number of hydrogen-bond acceptors (Lipinski definition) is 3. The second kappa shape index (κ2) is 5.35. The zero-order valence-electron chi connectivity index (χ0n) is 9.86. The lowest BCUT2D eigenvalue weighted by Gasteiger charge is -2.10. The van der Waals surface area contributed by atoms with Crippen LogP contribution in [0, 0.1) is 0 Å². The predicted molar refractivity (Wildman–Crippen MR) is 69.7 cm³/mol. The molecule has 0 spiro atoms. The molecule has 2 rings (SSSR count). The molecule has 4 nitrogen and oxygen atoms in total. The van der Waals surface area contributed by atoms with Gasteiger partial charge in [-0.3, -0.25) is 0 Å². The molecule has 2 N–H and O–H groups in total. The van der Waals surface area contributed by atoms with E-state index in [1.165, 1.54) is 5.56 Å². The normalized spacial score (nSPS) is 14.5. The first kappa shape index (κ1) is 14.4. The van der Waals surface area contributed by atoms with E-state index in [0.717, 1.165) is 18.7 Å². The minimum Gasteiger partial charge on any atom is -0.309 e. The van der Waals surface area contributed by atoms with Crippen molar-refractivity contribution in [2.24, 2.45) is 0 Å². The van der Waals surface area contributed by atoms with Crippen LogP contribution in [0.2, 0.25) is 0 Å². The Kier molecular flexibility index (Phi) is 4.55. The Hall–Kier alpha value is -0.620. The molecule has 17 heavy (non-hydrogen) atoms. The van der Waals surface area contributed by atoms with Crippen molar-refractivity contribution in [3.63, 3.8) is 0 Å². The molecule has 0 aromatic heterocycles. The van der Waals surface area contributed by atoms with Gasteiger partial charge in [0, 0.05) is 19.1 Å². The van der Waals surface area contributed by atoms with E-state index in [0.29, 0.717) is 4.90 Å². The molecule has 1 aliphatic heterocycles. The SMILES string of the molecule is CC(C)NS(=O)(=O)c1ccc2c(c1)CNC2.Cl. The van der Waals surface area contributed by atoms with Crippen LogP contribution in [0.3, 0.4) is 0 Å². The van der Waals surface area contributed by atoms with Crippen molar-refractivity contribution in [1.82, 2.24) is 10.0 Å². The molecule has 0 atom stereocenters. The Bertz CT molecular complexity index is 500. The third-order valence-electron chi connectivity index (χ3n) is 2.51. The molecule has 0 unspecified atom stereocenters. The standard InChI is InChI=1S/C11H16N2O2S.ClH/c1-8(2)13-16(14,15)11-4-3-9-6-12-7-10(9)5-11;/h3-5,8,12-13H,6-7H2,1-2H3;1H. The summed E-state index contributed by atoms with van der Waals surface area (Å²) in [6.07, 6.45) is 0. The minimum absolute atomic E-state index is 0. The zero-order chi connectivity index (χ0) is 11.8. The van der Waals surface area contributed by atoms with Gasteiger partial charge in [-0.25, -0.2) is 13.1 Å². The molecular weight excluding hydrogens is 260 g/mol. The van der Waals surface area contributed by atoms with E-state index in [2.05, 4.69) is 10.0 Å². The van der Waals surface area contributed by atoms with Gasteiger partial charge in [0.15, 0.2) is 0 Å². The van der Waals surface area contributed by atoms with Crippen LogP contribution in [0.5, 0.6) is 0 Å². The second-order valence-electron chi connectivity index (χ2n) is 4.31. The van der Waals surface area contributed by atoms with E-state index in [1.807, 2.05) is 19.9 Å². The number of hydrogen-bond donors (Lipinski definition) is 2. The molecule has 6 heteroatoms. The molecule has 0 saturated carbocycles. The van der Waals surface area contributed by atoms with Crippen molar-refractivity contribution in [3.05, 3.63) is 29.3 Å². The van der Waals surface area contributed by atoms with Gasteiger partial charge in [-0.2, -0.15) is 0 Å². The van der Waals surface area contributed by atoms with Gasteiger partial charge >= 0.3 is 0 Å². The molecule has 96 valence electrons. The predicted octanol–water partition coefficient (Wildman–Crippen LogP) is 1.40. The summed E-state index contributed by atoms with van der Waals surface area (Å²) in [5.74, 6) is 0. The lowest BCUT2D eigenvalue weighted by atomic mass is 10.1. The highest BCUT2D eigenvalue weighted by Gasteiger charge is 2.18. The van der Waals surface area contributed by atoms with Crippen molar-refractivity contribution in [1.29, 1.82) is 0 Å². The van der Waals surface area contributed by atoms with E-state index >= 15 is 0 Å². The number of halogens is 1. The maximum Gasteiger partial charge on any atom is 0.240 e. The third-order valence-corrected chi connectivity index (χ3v) is 4.17. The van der Waals surface area contributed by atoms with Gasteiger partial charge in [-0.15, -0.1) is 12.4 Å². The maximum absolute atomic E-state index is 11.9. The van der Waals surface area contributed by atoms with E-state index in [1.54, 1.807) is 12.1 Å². The second-order valence-corrected chi connectivity index (χ2v) is 6.02. The number of rotatable bonds is 3. The molecule has 1 heterocycles. The van der Waals surface area contributed by atoms with E-state index < -0.39 is 10.0 Å². The highest BCUT2D eigenvalue weighted by atomic mass is 35.5. The third kappa shape index (κ3) is 3.19. The maximum atomic E-state index is 11.9. The van der Waals surface area contributed by atoms with E-state index in [-0.39, 0.29) is 18.4 Å². The van der Waals surface area contributed by atoms with Crippen molar-refractivity contribution in [2.75, 3.05) is 0 Å². The van der Waals surface area contributed by atoms with Crippen LogP contribution in [0.4, 0.5) is 0 Å². The summed E-state index contributed by atoms with van der Waals surface area (Å²) < 4.78 is 26.4. The lowest BCUT2D eigenvalue weighted by Crippen LogP contribution is -2.30. The van der Waals surface area contributed by atoms with Gasteiger partial charge in [0.25, 0.3) is 0 Å². The number of benzene rings is 1. The Labute approximate surface area is 108 Å². The summed E-state index contributed by atoms with van der Waals surface area (Å²) in [4.78, 5) is 0.351. The molecule has 0 radical (unpaired) electrons. The summed E-state index contributed by atoms with van der Waals surface area (Å²) >= 11 is 0. The van der Waals surface area contributed by atoms with Crippen LogP contribution in [-0.4, -0.2) is 14.5 Å². The Morgan fingerprint density at radius 1 is 1.24 bits per heavy atom. The first-order valence-electron chi connectivity index (χ1n) is 5.34. The molecule has 1 aromatic rings. The highest BCUT2D eigenvalue weighted by molar-refractivity contribution is 7.89. The average Bonchev–Trinajstić information content (AvgIpc) is 2.61. The van der Waals surface area contributed by atoms with Crippen LogP contribution in [0.15, 0.2) is 23.1 Å². The largest absolute Gasteiger partial charge is 0.309 e. The van der Waals surface area contributed by atoms with Crippen molar-refractivity contribution in [3.8, 4) is 0 Å². The van der Waals surface area contributed by atoms with Crippen LogP contribution < -0.4 is 10.0 Å². The summed E-state index contributed by atoms with van der Waals surface area (Å²) in [5, 5.41) is 3.19. The number of fused-ring (bicyclic) bond motifs is 1. The first-order chi connectivity index (χ1) is 7.49. The summed E-state index contributed by atoms with van der Waals surface area (Å²) in [6, 6.07) is 5.21. The van der Waals surface area contributed by atoms with Gasteiger partial charge in [-0.05, 0) is 37.1 Å². The molecule has 0 amide bonds. The van der Waals surface area contributed by atoms with Crippen LogP contribution in [0.25, 0.3) is 0 Å². The fraction of sp³-hybridized carbons (Fsp3) is 0.455. The van der Waals surface area contributed by atoms with Crippen molar-refractivity contribution < 1.29 is 8.42 Å². The van der Waals surface area contributed by atoms with Crippen LogP contribution in [-0.2, 0) is 23.1 Å². The minimum atomic E-state index is -3.36. The fourth-order valence-corrected chi connectivity index (χ4v) is 3.12. The van der Waals surface area contributed by atoms with Crippen molar-refractivity contribution >= 4 is 22.4 Å². The molecule has 0 aliphatic carbocycles. The smallest absolute Gasteiger partial charge is 0.240 e.